The average molecular weight is 315 g/mol. The van der Waals surface area contributed by atoms with E-state index in [2.05, 4.69) is 26.7 Å². The Hall–Kier alpha value is -3.39. The third-order valence-corrected chi connectivity index (χ3v) is 3.45. The molecule has 0 saturated carbocycles. The topological polar surface area (TPSA) is 73.6 Å². The lowest BCUT2D eigenvalue weighted by Gasteiger charge is -2.10. The van der Waals surface area contributed by atoms with Crippen LogP contribution >= 0.6 is 0 Å². The van der Waals surface area contributed by atoms with E-state index < -0.39 is 0 Å². The number of nitrogens with zero attached hydrogens (tertiary/aromatic N) is 3. The van der Waals surface area contributed by atoms with Crippen LogP contribution in [-0.4, -0.2) is 9.97 Å². The van der Waals surface area contributed by atoms with E-state index in [1.165, 1.54) is 5.56 Å². The highest BCUT2D eigenvalue weighted by Crippen LogP contribution is 2.19. The summed E-state index contributed by atoms with van der Waals surface area (Å²) < 4.78 is 0. The zero-order valence-corrected chi connectivity index (χ0v) is 13.5. The molecule has 0 atom stereocenters. The molecular formula is C19H17N5. The molecule has 0 radical (unpaired) electrons. The molecule has 0 saturated heterocycles. The van der Waals surface area contributed by atoms with Crippen molar-refractivity contribution in [3.05, 3.63) is 71.4 Å². The predicted molar refractivity (Wildman–Crippen MR) is 95.7 cm³/mol. The Morgan fingerprint density at radius 2 is 1.46 bits per heavy atom. The van der Waals surface area contributed by atoms with Gasteiger partial charge in [-0.1, -0.05) is 17.7 Å². The second kappa shape index (κ2) is 6.80. The highest BCUT2D eigenvalue weighted by atomic mass is 15.1. The first-order chi connectivity index (χ1) is 11.6. The Kier molecular flexibility index (Phi) is 4.39. The third kappa shape index (κ3) is 3.87. The quantitative estimate of drug-likeness (QED) is 0.744. The summed E-state index contributed by atoms with van der Waals surface area (Å²) in [5.41, 5.74) is 4.50. The van der Waals surface area contributed by atoms with Gasteiger partial charge in [0.25, 0.3) is 0 Å². The van der Waals surface area contributed by atoms with Crippen LogP contribution in [0.2, 0.25) is 0 Å². The van der Waals surface area contributed by atoms with Crippen molar-refractivity contribution in [2.75, 3.05) is 10.6 Å². The van der Waals surface area contributed by atoms with Crippen molar-refractivity contribution >= 4 is 23.1 Å². The van der Waals surface area contributed by atoms with Gasteiger partial charge < -0.3 is 10.6 Å². The van der Waals surface area contributed by atoms with E-state index in [-0.39, 0.29) is 0 Å². The maximum absolute atomic E-state index is 8.85. The molecule has 0 spiro atoms. The molecule has 0 amide bonds. The Labute approximate surface area is 141 Å². The van der Waals surface area contributed by atoms with Crippen molar-refractivity contribution in [2.45, 2.75) is 13.8 Å². The second-order valence-electron chi connectivity index (χ2n) is 5.52. The summed E-state index contributed by atoms with van der Waals surface area (Å²) in [6.45, 7) is 3.97. The van der Waals surface area contributed by atoms with E-state index in [1.54, 1.807) is 12.1 Å². The van der Waals surface area contributed by atoms with Crippen LogP contribution in [0.15, 0.2) is 54.6 Å². The molecule has 118 valence electrons. The lowest BCUT2D eigenvalue weighted by molar-refractivity contribution is 1.11. The number of hydrogen-bond acceptors (Lipinski definition) is 5. The van der Waals surface area contributed by atoms with Crippen molar-refractivity contribution in [2.24, 2.45) is 0 Å². The van der Waals surface area contributed by atoms with Crippen LogP contribution < -0.4 is 10.6 Å². The van der Waals surface area contributed by atoms with Crippen LogP contribution in [0.25, 0.3) is 0 Å². The monoisotopic (exact) mass is 315 g/mol. The number of nitrogens with one attached hydrogen (secondary N) is 2. The van der Waals surface area contributed by atoms with Crippen molar-refractivity contribution in [1.82, 2.24) is 9.97 Å². The molecule has 0 bridgehead atoms. The summed E-state index contributed by atoms with van der Waals surface area (Å²) >= 11 is 0. The molecule has 3 rings (SSSR count). The number of aromatic nitrogens is 2. The fraction of sp³-hybridized carbons (Fsp3) is 0.105. The first-order valence-corrected chi connectivity index (χ1v) is 7.59. The molecule has 0 aliphatic heterocycles. The summed E-state index contributed by atoms with van der Waals surface area (Å²) in [6.07, 6.45) is 0. The molecule has 0 unspecified atom stereocenters. The third-order valence-electron chi connectivity index (χ3n) is 3.45. The molecule has 5 heteroatoms. The van der Waals surface area contributed by atoms with Crippen LogP contribution in [0, 0.1) is 25.2 Å². The van der Waals surface area contributed by atoms with Gasteiger partial charge in [0.15, 0.2) is 0 Å². The Bertz CT molecular complexity index is 877. The largest absolute Gasteiger partial charge is 0.340 e. The predicted octanol–water partition coefficient (Wildman–Crippen LogP) is 4.45. The number of nitriles is 1. The van der Waals surface area contributed by atoms with Gasteiger partial charge in [-0.2, -0.15) is 10.2 Å². The van der Waals surface area contributed by atoms with E-state index in [4.69, 9.17) is 5.26 Å². The number of rotatable bonds is 4. The summed E-state index contributed by atoms with van der Waals surface area (Å²) in [7, 11) is 0. The molecule has 1 aromatic heterocycles. The van der Waals surface area contributed by atoms with Gasteiger partial charge in [-0.3, -0.25) is 0 Å². The lowest BCUT2D eigenvalue weighted by atomic mass is 10.2. The SMILES string of the molecule is Cc1ccc(Nc2nc(C)cc(Nc3ccc(C#N)cc3)n2)cc1. The molecule has 24 heavy (non-hydrogen) atoms. The minimum absolute atomic E-state index is 0.537. The van der Waals surface area contributed by atoms with E-state index in [9.17, 15) is 0 Å². The maximum Gasteiger partial charge on any atom is 0.229 e. The molecule has 5 nitrogen and oxygen atoms in total. The highest BCUT2D eigenvalue weighted by molar-refractivity contribution is 5.61. The zero-order chi connectivity index (χ0) is 16.9. The van der Waals surface area contributed by atoms with Crippen LogP contribution in [-0.2, 0) is 0 Å². The van der Waals surface area contributed by atoms with Gasteiger partial charge in [0.05, 0.1) is 11.6 Å². The van der Waals surface area contributed by atoms with Gasteiger partial charge in [-0.05, 0) is 50.2 Å². The highest BCUT2D eigenvalue weighted by Gasteiger charge is 2.04. The van der Waals surface area contributed by atoms with E-state index in [1.807, 2.05) is 56.3 Å². The molecule has 2 N–H and O–H groups in total. The van der Waals surface area contributed by atoms with E-state index in [0.29, 0.717) is 17.3 Å². The van der Waals surface area contributed by atoms with E-state index >= 15 is 0 Å². The van der Waals surface area contributed by atoms with Crippen molar-refractivity contribution in [3.63, 3.8) is 0 Å². The summed E-state index contributed by atoms with van der Waals surface area (Å²) in [5, 5.41) is 15.3. The molecule has 1 heterocycles. The summed E-state index contributed by atoms with van der Waals surface area (Å²) in [4.78, 5) is 8.91. The number of aryl methyl sites for hydroxylation is 2. The second-order valence-corrected chi connectivity index (χ2v) is 5.52. The summed E-state index contributed by atoms with van der Waals surface area (Å²) in [6, 6.07) is 19.3. The standard InChI is InChI=1S/C19H17N5/c1-13-3-7-17(8-4-13)23-19-21-14(2)11-18(24-19)22-16-9-5-15(12-20)6-10-16/h3-11H,1-2H3,(H2,21,22,23,24). The minimum atomic E-state index is 0.537. The van der Waals surface area contributed by atoms with Gasteiger partial charge in [-0.15, -0.1) is 0 Å². The molecule has 3 aromatic rings. The lowest BCUT2D eigenvalue weighted by Crippen LogP contribution is -2.02. The van der Waals surface area contributed by atoms with Crippen LogP contribution in [0.5, 0.6) is 0 Å². The first kappa shape index (κ1) is 15.5. The van der Waals surface area contributed by atoms with Gasteiger partial charge in [0.1, 0.15) is 5.82 Å². The minimum Gasteiger partial charge on any atom is -0.340 e. The van der Waals surface area contributed by atoms with Crippen molar-refractivity contribution in [3.8, 4) is 6.07 Å². The van der Waals surface area contributed by atoms with Gasteiger partial charge >= 0.3 is 0 Å². The van der Waals surface area contributed by atoms with E-state index in [0.717, 1.165) is 17.1 Å². The van der Waals surface area contributed by atoms with Crippen molar-refractivity contribution < 1.29 is 0 Å². The Balaban J connectivity index is 1.80. The maximum atomic E-state index is 8.85. The van der Waals surface area contributed by atoms with Crippen molar-refractivity contribution in [1.29, 1.82) is 5.26 Å². The van der Waals surface area contributed by atoms with Crippen LogP contribution in [0.4, 0.5) is 23.1 Å². The molecular weight excluding hydrogens is 298 g/mol. The Morgan fingerprint density at radius 1 is 0.833 bits per heavy atom. The zero-order valence-electron chi connectivity index (χ0n) is 13.5. The van der Waals surface area contributed by atoms with Gasteiger partial charge in [0.2, 0.25) is 5.95 Å². The number of anilines is 4. The average Bonchev–Trinajstić information content (AvgIpc) is 2.57. The van der Waals surface area contributed by atoms with Crippen LogP contribution in [0.3, 0.4) is 0 Å². The fourth-order valence-corrected chi connectivity index (χ4v) is 2.23. The number of benzene rings is 2. The molecule has 0 aliphatic carbocycles. The van der Waals surface area contributed by atoms with Gasteiger partial charge in [0, 0.05) is 23.1 Å². The normalized spacial score (nSPS) is 10.0. The number of hydrogen-bond donors (Lipinski definition) is 2. The molecule has 0 aliphatic rings. The van der Waals surface area contributed by atoms with Gasteiger partial charge in [-0.25, -0.2) is 4.98 Å². The Morgan fingerprint density at radius 3 is 2.12 bits per heavy atom. The first-order valence-electron chi connectivity index (χ1n) is 7.59. The van der Waals surface area contributed by atoms with Crippen LogP contribution in [0.1, 0.15) is 16.8 Å². The summed E-state index contributed by atoms with van der Waals surface area (Å²) in [5.74, 6) is 1.23. The smallest absolute Gasteiger partial charge is 0.229 e. The molecule has 2 aromatic carbocycles. The molecule has 0 fully saturated rings. The fourth-order valence-electron chi connectivity index (χ4n) is 2.23.